The molecular weight excluding hydrogens is 360 g/mol. The first kappa shape index (κ1) is 13.3. The molecule has 0 bridgehead atoms. The Kier molecular flexibility index (Phi) is 3.08. The van der Waals surface area contributed by atoms with E-state index in [9.17, 15) is 4.79 Å². The van der Waals surface area contributed by atoms with E-state index in [1.54, 1.807) is 6.20 Å². The lowest BCUT2D eigenvalue weighted by Gasteiger charge is -2.31. The van der Waals surface area contributed by atoms with Gasteiger partial charge in [0.15, 0.2) is 5.15 Å². The maximum atomic E-state index is 11.7. The Hall–Kier alpha value is -1.34. The first-order valence-electron chi connectivity index (χ1n) is 6.76. The third-order valence-electron chi connectivity index (χ3n) is 4.20. The zero-order valence-corrected chi connectivity index (χ0v) is 13.3. The number of imidazole rings is 1. The van der Waals surface area contributed by atoms with Crippen molar-refractivity contribution in [2.24, 2.45) is 0 Å². The summed E-state index contributed by atoms with van der Waals surface area (Å²) in [6, 6.07) is 0.216. The van der Waals surface area contributed by atoms with Gasteiger partial charge in [-0.3, -0.25) is 4.40 Å². The van der Waals surface area contributed by atoms with E-state index in [4.69, 9.17) is 16.3 Å². The van der Waals surface area contributed by atoms with Crippen LogP contribution in [0.2, 0.25) is 5.15 Å². The van der Waals surface area contributed by atoms with Crippen LogP contribution in [0.4, 0.5) is 4.79 Å². The molecule has 8 heteroatoms. The Labute approximate surface area is 134 Å². The van der Waals surface area contributed by atoms with E-state index in [2.05, 4.69) is 25.9 Å². The summed E-state index contributed by atoms with van der Waals surface area (Å²) in [5, 5.41) is 0.414. The molecule has 110 valence electrons. The smallest absolute Gasteiger partial charge is 0.410 e. The number of fused-ring (bicyclic) bond motifs is 2. The second kappa shape index (κ2) is 4.84. The van der Waals surface area contributed by atoms with E-state index in [1.165, 1.54) is 0 Å². The molecule has 2 aromatic heterocycles. The molecule has 2 aliphatic rings. The fraction of sp³-hybridized carbons (Fsp3) is 0.462. The largest absolute Gasteiger partial charge is 0.447 e. The van der Waals surface area contributed by atoms with Gasteiger partial charge in [-0.25, -0.2) is 14.8 Å². The molecule has 4 heterocycles. The van der Waals surface area contributed by atoms with Gasteiger partial charge in [0, 0.05) is 24.9 Å². The van der Waals surface area contributed by atoms with Crippen LogP contribution in [0.1, 0.15) is 24.6 Å². The number of carbonyl (C=O) groups is 1. The highest BCUT2D eigenvalue weighted by Crippen LogP contribution is 2.35. The minimum absolute atomic E-state index is 0.171. The van der Waals surface area contributed by atoms with Crippen LogP contribution in [-0.2, 0) is 4.74 Å². The monoisotopic (exact) mass is 370 g/mol. The van der Waals surface area contributed by atoms with Gasteiger partial charge in [0.05, 0.1) is 6.04 Å². The van der Waals surface area contributed by atoms with Crippen molar-refractivity contribution in [3.63, 3.8) is 0 Å². The topological polar surface area (TPSA) is 59.7 Å². The van der Waals surface area contributed by atoms with Crippen LogP contribution < -0.4 is 0 Å². The molecule has 1 amide bonds. The molecule has 2 aliphatic heterocycles. The average Bonchev–Trinajstić information content (AvgIpc) is 3.01. The Morgan fingerprint density at radius 1 is 1.43 bits per heavy atom. The number of rotatable bonds is 1. The summed E-state index contributed by atoms with van der Waals surface area (Å²) in [6.07, 6.45) is 5.19. The van der Waals surface area contributed by atoms with Gasteiger partial charge in [-0.2, -0.15) is 0 Å². The van der Waals surface area contributed by atoms with Gasteiger partial charge in [0.2, 0.25) is 0 Å². The number of halogens is 2. The molecule has 4 rings (SSSR count). The van der Waals surface area contributed by atoms with Crippen molar-refractivity contribution < 1.29 is 9.53 Å². The standard InChI is InChI=1S/C13H12BrClN4O2/c14-10-9-11(15)16-3-4-18(9)12(17-10)7-1-2-8-6-21-13(20)19(8)5-7/h3-4,7-8H,1-2,5-6H2/t7-,8+/m1/s1. The zero-order valence-electron chi connectivity index (χ0n) is 11.0. The molecule has 2 atom stereocenters. The molecule has 0 spiro atoms. The second-order valence-electron chi connectivity index (χ2n) is 5.35. The van der Waals surface area contributed by atoms with Crippen LogP contribution in [0, 0.1) is 0 Å². The third-order valence-corrected chi connectivity index (χ3v) is 5.03. The fourth-order valence-electron chi connectivity index (χ4n) is 3.16. The van der Waals surface area contributed by atoms with Gasteiger partial charge in [-0.1, -0.05) is 11.6 Å². The van der Waals surface area contributed by atoms with E-state index >= 15 is 0 Å². The van der Waals surface area contributed by atoms with Crippen molar-refractivity contribution in [1.29, 1.82) is 0 Å². The minimum Gasteiger partial charge on any atom is -0.447 e. The molecule has 2 saturated heterocycles. The second-order valence-corrected chi connectivity index (χ2v) is 6.46. The predicted octanol–water partition coefficient (Wildman–Crippen LogP) is 2.84. The Bertz CT molecular complexity index is 734. The lowest BCUT2D eigenvalue weighted by atomic mass is 9.93. The lowest BCUT2D eigenvalue weighted by molar-refractivity contribution is 0.150. The summed E-state index contributed by atoms with van der Waals surface area (Å²) in [6.45, 7) is 1.14. The molecule has 0 aromatic carbocycles. The number of nitrogens with zero attached hydrogens (tertiary/aromatic N) is 4. The van der Waals surface area contributed by atoms with E-state index in [-0.39, 0.29) is 18.1 Å². The van der Waals surface area contributed by atoms with Gasteiger partial charge in [-0.05, 0) is 28.8 Å². The van der Waals surface area contributed by atoms with E-state index < -0.39 is 0 Å². The summed E-state index contributed by atoms with van der Waals surface area (Å²) in [5.74, 6) is 1.07. The molecule has 0 N–H and O–H groups in total. The molecule has 0 radical (unpaired) electrons. The maximum absolute atomic E-state index is 11.7. The summed E-state index contributed by atoms with van der Waals surface area (Å²) in [4.78, 5) is 22.2. The normalized spacial score (nSPS) is 25.2. The first-order chi connectivity index (χ1) is 10.1. The Morgan fingerprint density at radius 3 is 3.14 bits per heavy atom. The number of hydrogen-bond donors (Lipinski definition) is 0. The molecular formula is C13H12BrClN4O2. The van der Waals surface area contributed by atoms with Gasteiger partial charge >= 0.3 is 6.09 Å². The molecule has 0 aliphatic carbocycles. The number of hydrogen-bond acceptors (Lipinski definition) is 4. The maximum Gasteiger partial charge on any atom is 0.410 e. The molecule has 6 nitrogen and oxygen atoms in total. The number of aromatic nitrogens is 3. The van der Waals surface area contributed by atoms with Gasteiger partial charge in [0.25, 0.3) is 0 Å². The number of piperidine rings is 1. The zero-order chi connectivity index (χ0) is 14.6. The van der Waals surface area contributed by atoms with Crippen LogP contribution in [0.5, 0.6) is 0 Å². The Morgan fingerprint density at radius 2 is 2.29 bits per heavy atom. The summed E-state index contributed by atoms with van der Waals surface area (Å²) in [5.41, 5.74) is 0.764. The number of carbonyl (C=O) groups excluding carboxylic acids is 1. The summed E-state index contributed by atoms with van der Waals surface area (Å²) >= 11 is 9.58. The van der Waals surface area contributed by atoms with Gasteiger partial charge < -0.3 is 9.64 Å². The van der Waals surface area contributed by atoms with Crippen molar-refractivity contribution in [1.82, 2.24) is 19.3 Å². The van der Waals surface area contributed by atoms with Crippen LogP contribution in [-0.4, -0.2) is 44.6 Å². The van der Waals surface area contributed by atoms with Crippen molar-refractivity contribution in [3.8, 4) is 0 Å². The SMILES string of the molecule is O=C1OC[C@@H]2CC[C@@H](c3nc(Br)c4c(Cl)nccn34)CN12. The van der Waals surface area contributed by atoms with Crippen molar-refractivity contribution in [3.05, 3.63) is 28.0 Å². The van der Waals surface area contributed by atoms with Crippen LogP contribution in [0.3, 0.4) is 0 Å². The lowest BCUT2D eigenvalue weighted by Crippen LogP contribution is -2.41. The summed E-state index contributed by atoms with van der Waals surface area (Å²) in [7, 11) is 0. The quantitative estimate of drug-likeness (QED) is 0.773. The molecule has 2 fully saturated rings. The minimum atomic E-state index is -0.218. The average molecular weight is 372 g/mol. The van der Waals surface area contributed by atoms with Crippen molar-refractivity contribution >= 4 is 39.1 Å². The van der Waals surface area contributed by atoms with Crippen LogP contribution in [0.25, 0.3) is 5.52 Å². The Balaban J connectivity index is 1.74. The van der Waals surface area contributed by atoms with E-state index in [1.807, 2.05) is 15.5 Å². The number of ether oxygens (including phenoxy) is 1. The van der Waals surface area contributed by atoms with E-state index in [0.717, 1.165) is 24.2 Å². The van der Waals surface area contributed by atoms with Crippen LogP contribution >= 0.6 is 27.5 Å². The molecule has 2 aromatic rings. The molecule has 0 saturated carbocycles. The fourth-order valence-corrected chi connectivity index (χ4v) is 4.07. The third kappa shape index (κ3) is 2.02. The summed E-state index contributed by atoms with van der Waals surface area (Å²) < 4.78 is 7.75. The number of amides is 1. The highest BCUT2D eigenvalue weighted by atomic mass is 79.9. The number of cyclic esters (lactones) is 1. The van der Waals surface area contributed by atoms with Crippen molar-refractivity contribution in [2.75, 3.05) is 13.2 Å². The van der Waals surface area contributed by atoms with E-state index in [0.29, 0.717) is 22.9 Å². The molecule has 21 heavy (non-hydrogen) atoms. The molecule has 0 unspecified atom stereocenters. The predicted molar refractivity (Wildman–Crippen MR) is 79.5 cm³/mol. The first-order valence-corrected chi connectivity index (χ1v) is 7.93. The van der Waals surface area contributed by atoms with Gasteiger partial charge in [-0.15, -0.1) is 0 Å². The van der Waals surface area contributed by atoms with Crippen molar-refractivity contribution in [2.45, 2.75) is 24.8 Å². The highest BCUT2D eigenvalue weighted by Gasteiger charge is 2.39. The van der Waals surface area contributed by atoms with Crippen LogP contribution in [0.15, 0.2) is 17.0 Å². The highest BCUT2D eigenvalue weighted by molar-refractivity contribution is 9.10. The van der Waals surface area contributed by atoms with Gasteiger partial charge in [0.1, 0.15) is 22.6 Å².